The number of fused-ring (bicyclic) bond motifs is 2. The van der Waals surface area contributed by atoms with Gasteiger partial charge in [-0.1, -0.05) is 19.1 Å². The van der Waals surface area contributed by atoms with E-state index < -0.39 is 6.10 Å². The van der Waals surface area contributed by atoms with E-state index in [0.717, 1.165) is 61.3 Å². The number of aliphatic hydroxyl groups is 1. The summed E-state index contributed by atoms with van der Waals surface area (Å²) in [5.74, 6) is 1.04. The summed E-state index contributed by atoms with van der Waals surface area (Å²) in [5.41, 5.74) is 12.4. The van der Waals surface area contributed by atoms with Crippen LogP contribution in [0, 0.1) is 12.8 Å². The van der Waals surface area contributed by atoms with Gasteiger partial charge in [-0.05, 0) is 80.0 Å². The minimum absolute atomic E-state index is 0.0258. The van der Waals surface area contributed by atoms with E-state index in [1.54, 1.807) is 0 Å². The Labute approximate surface area is 189 Å². The third-order valence-corrected chi connectivity index (χ3v) is 7.21. The maximum atomic E-state index is 13.3. The Morgan fingerprint density at radius 3 is 2.66 bits per heavy atom. The van der Waals surface area contributed by atoms with Gasteiger partial charge in [-0.15, -0.1) is 0 Å². The molecule has 6 heteroatoms. The van der Waals surface area contributed by atoms with Gasteiger partial charge in [0.15, 0.2) is 0 Å². The molecule has 1 aromatic heterocycles. The predicted octanol–water partition coefficient (Wildman–Crippen LogP) is 3.95. The number of aromatic nitrogens is 2. The molecular formula is C26H32N4O2. The summed E-state index contributed by atoms with van der Waals surface area (Å²) in [6, 6.07) is 12.5. The van der Waals surface area contributed by atoms with Crippen LogP contribution >= 0.6 is 0 Å². The van der Waals surface area contributed by atoms with Gasteiger partial charge in [0.05, 0.1) is 11.0 Å². The monoisotopic (exact) mass is 432 g/mol. The predicted molar refractivity (Wildman–Crippen MR) is 126 cm³/mol. The summed E-state index contributed by atoms with van der Waals surface area (Å²) in [7, 11) is 0. The van der Waals surface area contributed by atoms with Crippen molar-refractivity contribution in [2.75, 3.05) is 18.8 Å². The molecule has 0 spiro atoms. The molecule has 1 saturated heterocycles. The van der Waals surface area contributed by atoms with Crippen LogP contribution in [0.3, 0.4) is 0 Å². The first-order valence-corrected chi connectivity index (χ1v) is 11.8. The molecule has 2 heterocycles. The van der Waals surface area contributed by atoms with E-state index in [-0.39, 0.29) is 17.9 Å². The first-order valence-electron chi connectivity index (χ1n) is 11.8. The summed E-state index contributed by atoms with van der Waals surface area (Å²) in [5, 5.41) is 10.6. The molecule has 0 bridgehead atoms. The Hall–Kier alpha value is -2.86. The van der Waals surface area contributed by atoms with E-state index in [2.05, 4.69) is 35.8 Å². The average molecular weight is 433 g/mol. The zero-order chi connectivity index (χ0) is 22.4. The molecule has 6 nitrogen and oxygen atoms in total. The minimum atomic E-state index is -0.577. The number of hydrogen-bond donors (Lipinski definition) is 2. The van der Waals surface area contributed by atoms with E-state index in [4.69, 9.17) is 10.7 Å². The number of rotatable bonds is 4. The van der Waals surface area contributed by atoms with E-state index in [9.17, 15) is 9.90 Å². The Morgan fingerprint density at radius 1 is 1.16 bits per heavy atom. The zero-order valence-electron chi connectivity index (χ0n) is 18.9. The van der Waals surface area contributed by atoms with Crippen molar-refractivity contribution in [1.29, 1.82) is 0 Å². The number of carbonyl (C=O) groups is 1. The van der Waals surface area contributed by atoms with Gasteiger partial charge in [-0.3, -0.25) is 4.79 Å². The maximum Gasteiger partial charge on any atom is 0.226 e. The van der Waals surface area contributed by atoms with Crippen molar-refractivity contribution in [3.05, 3.63) is 58.9 Å². The molecule has 1 fully saturated rings. The minimum Gasteiger partial charge on any atom is -0.399 e. The summed E-state index contributed by atoms with van der Waals surface area (Å²) >= 11 is 0. The molecule has 2 aromatic carbocycles. The van der Waals surface area contributed by atoms with E-state index in [1.165, 1.54) is 16.7 Å². The molecule has 0 radical (unpaired) electrons. The van der Waals surface area contributed by atoms with Gasteiger partial charge in [0.2, 0.25) is 5.91 Å². The fraction of sp³-hybridized carbons (Fsp3) is 0.462. The molecule has 0 saturated carbocycles. The molecule has 1 amide bonds. The van der Waals surface area contributed by atoms with Crippen molar-refractivity contribution in [3.8, 4) is 0 Å². The van der Waals surface area contributed by atoms with Gasteiger partial charge in [0.1, 0.15) is 11.9 Å². The van der Waals surface area contributed by atoms with Crippen LogP contribution in [0.5, 0.6) is 0 Å². The molecule has 2 aliphatic rings. The van der Waals surface area contributed by atoms with Gasteiger partial charge in [-0.2, -0.15) is 0 Å². The second-order valence-electron chi connectivity index (χ2n) is 9.45. The molecular weight excluding hydrogens is 400 g/mol. The Bertz CT molecular complexity index is 1160. The highest BCUT2D eigenvalue weighted by molar-refractivity contribution is 5.81. The summed E-state index contributed by atoms with van der Waals surface area (Å²) < 4.78 is 2.24. The highest BCUT2D eigenvalue weighted by atomic mass is 16.3. The molecule has 2 unspecified atom stereocenters. The Balaban J connectivity index is 1.32. The lowest BCUT2D eigenvalue weighted by molar-refractivity contribution is -0.136. The molecule has 5 rings (SSSR count). The second-order valence-corrected chi connectivity index (χ2v) is 9.45. The summed E-state index contributed by atoms with van der Waals surface area (Å²) in [4.78, 5) is 20.1. The molecule has 168 valence electrons. The smallest absolute Gasteiger partial charge is 0.226 e. The van der Waals surface area contributed by atoms with Crippen LogP contribution in [0.1, 0.15) is 60.8 Å². The number of aryl methyl sites for hydroxylation is 1. The van der Waals surface area contributed by atoms with Crippen LogP contribution in [-0.4, -0.2) is 38.6 Å². The number of anilines is 1. The molecule has 2 atom stereocenters. The average Bonchev–Trinajstić information content (AvgIpc) is 3.39. The number of hydrogen-bond acceptors (Lipinski definition) is 4. The first kappa shape index (κ1) is 21.0. The first-order chi connectivity index (χ1) is 15.4. The number of amides is 1. The van der Waals surface area contributed by atoms with Gasteiger partial charge >= 0.3 is 0 Å². The van der Waals surface area contributed by atoms with Crippen LogP contribution in [0.4, 0.5) is 5.69 Å². The van der Waals surface area contributed by atoms with Crippen molar-refractivity contribution in [2.24, 2.45) is 5.92 Å². The Kier molecular flexibility index (Phi) is 5.41. The third-order valence-electron chi connectivity index (χ3n) is 7.21. The van der Waals surface area contributed by atoms with Crippen LogP contribution in [0.15, 0.2) is 36.4 Å². The SMILES string of the molecule is CCC(O)c1nc2cc(C)ccc2n1C1CCN(C(=O)C2Cc3ccc(N)cc3C2)CC1. The van der Waals surface area contributed by atoms with Crippen molar-refractivity contribution >= 4 is 22.6 Å². The number of piperidine rings is 1. The second kappa shape index (κ2) is 8.24. The van der Waals surface area contributed by atoms with Crippen molar-refractivity contribution < 1.29 is 9.90 Å². The number of carbonyl (C=O) groups excluding carboxylic acids is 1. The van der Waals surface area contributed by atoms with Crippen LogP contribution < -0.4 is 5.73 Å². The fourth-order valence-electron chi connectivity index (χ4n) is 5.44. The van der Waals surface area contributed by atoms with E-state index in [1.807, 2.05) is 24.0 Å². The topological polar surface area (TPSA) is 84.4 Å². The van der Waals surface area contributed by atoms with Crippen LogP contribution in [0.25, 0.3) is 11.0 Å². The number of nitrogens with two attached hydrogens (primary N) is 1. The fourth-order valence-corrected chi connectivity index (χ4v) is 5.44. The van der Waals surface area contributed by atoms with Crippen LogP contribution in [-0.2, 0) is 17.6 Å². The van der Waals surface area contributed by atoms with E-state index >= 15 is 0 Å². The quantitative estimate of drug-likeness (QED) is 0.612. The lowest BCUT2D eigenvalue weighted by Crippen LogP contribution is -2.42. The highest BCUT2D eigenvalue weighted by Crippen LogP contribution is 2.34. The Morgan fingerprint density at radius 2 is 1.91 bits per heavy atom. The number of likely N-dealkylation sites (tertiary alicyclic amines) is 1. The van der Waals surface area contributed by atoms with Crippen molar-refractivity contribution in [2.45, 2.75) is 58.1 Å². The number of aliphatic hydroxyl groups excluding tert-OH is 1. The lowest BCUT2D eigenvalue weighted by Gasteiger charge is -2.35. The van der Waals surface area contributed by atoms with Gasteiger partial charge in [0, 0.05) is 30.7 Å². The standard InChI is InChI=1S/C26H32N4O2/c1-3-24(31)25-28-22-12-16(2)4-7-23(22)30(25)21-8-10-29(11-9-21)26(32)19-13-17-5-6-20(27)15-18(17)14-19/h4-7,12,15,19,21,24,31H,3,8-11,13-14,27H2,1-2H3. The summed E-state index contributed by atoms with van der Waals surface area (Å²) in [6.45, 7) is 5.53. The number of nitrogen functional groups attached to an aromatic ring is 1. The molecule has 3 aromatic rings. The normalized spacial score (nSPS) is 20.0. The van der Waals surface area contributed by atoms with Crippen LogP contribution in [0.2, 0.25) is 0 Å². The highest BCUT2D eigenvalue weighted by Gasteiger charge is 2.34. The lowest BCUT2D eigenvalue weighted by atomic mass is 9.99. The molecule has 1 aliphatic heterocycles. The van der Waals surface area contributed by atoms with E-state index in [0.29, 0.717) is 6.42 Å². The zero-order valence-corrected chi connectivity index (χ0v) is 18.9. The number of nitrogens with zero attached hydrogens (tertiary/aromatic N) is 3. The molecule has 1 aliphatic carbocycles. The van der Waals surface area contributed by atoms with Crippen molar-refractivity contribution in [3.63, 3.8) is 0 Å². The largest absolute Gasteiger partial charge is 0.399 e. The maximum absolute atomic E-state index is 13.3. The third kappa shape index (κ3) is 3.66. The molecule has 32 heavy (non-hydrogen) atoms. The van der Waals surface area contributed by atoms with Crippen molar-refractivity contribution in [1.82, 2.24) is 14.5 Å². The summed E-state index contributed by atoms with van der Waals surface area (Å²) in [6.07, 6.45) is 3.41. The van der Waals surface area contributed by atoms with Gasteiger partial charge < -0.3 is 20.3 Å². The van der Waals surface area contributed by atoms with Gasteiger partial charge in [-0.25, -0.2) is 4.98 Å². The number of imidazole rings is 1. The van der Waals surface area contributed by atoms with Gasteiger partial charge in [0.25, 0.3) is 0 Å². The number of benzene rings is 2. The molecule has 3 N–H and O–H groups in total.